The number of rotatable bonds is 1. The predicted molar refractivity (Wildman–Crippen MR) is 43.6 cm³/mol. The third kappa shape index (κ3) is 0.935. The van der Waals surface area contributed by atoms with Crippen LogP contribution in [0.4, 0.5) is 0 Å². The predicted octanol–water partition coefficient (Wildman–Crippen LogP) is 1.82. The largest absolute Gasteiger partial charge is 0.317 e. The molecule has 0 aromatic carbocycles. The highest BCUT2D eigenvalue weighted by Crippen LogP contribution is 2.31. The molecule has 0 amide bonds. The summed E-state index contributed by atoms with van der Waals surface area (Å²) in [4.78, 5) is 3.95. The van der Waals surface area contributed by atoms with E-state index in [1.807, 2.05) is 16.3 Å². The monoisotopic (exact) mass is 174 g/mol. The second-order valence-electron chi connectivity index (χ2n) is 2.31. The van der Waals surface area contributed by atoms with Crippen molar-refractivity contribution in [1.29, 1.82) is 0 Å². The first-order chi connectivity index (χ1) is 4.88. The number of imidazole rings is 1. The van der Waals surface area contributed by atoms with Crippen LogP contribution in [0.5, 0.6) is 0 Å². The average Bonchev–Trinajstić information content (AvgIpc) is 2.12. The van der Waals surface area contributed by atoms with Crippen molar-refractivity contribution in [3.05, 3.63) is 17.7 Å². The molecule has 2 nitrogen and oxygen atoms in total. The zero-order valence-corrected chi connectivity index (χ0v) is 6.90. The molecular weight excluding hydrogens is 168 g/mol. The summed E-state index contributed by atoms with van der Waals surface area (Å²) in [5.74, 6) is 2.35. The molecule has 54 valence electrons. The van der Waals surface area contributed by atoms with Gasteiger partial charge in [0.25, 0.3) is 0 Å². The number of nitrogens with zero attached hydrogens (tertiary/aromatic N) is 2. The zero-order valence-electron chi connectivity index (χ0n) is 5.33. The molecule has 0 bridgehead atoms. The van der Waals surface area contributed by atoms with E-state index in [9.17, 15) is 0 Å². The van der Waals surface area contributed by atoms with E-state index in [0.29, 0.717) is 6.04 Å². The van der Waals surface area contributed by atoms with Gasteiger partial charge in [0.15, 0.2) is 0 Å². The molecule has 1 aromatic rings. The van der Waals surface area contributed by atoms with Gasteiger partial charge >= 0.3 is 0 Å². The Balaban J connectivity index is 2.23. The molecule has 0 unspecified atom stereocenters. The van der Waals surface area contributed by atoms with Crippen LogP contribution >= 0.6 is 23.4 Å². The van der Waals surface area contributed by atoms with E-state index in [1.165, 1.54) is 11.5 Å². The third-order valence-electron chi connectivity index (χ3n) is 1.63. The van der Waals surface area contributed by atoms with Gasteiger partial charge in [-0.3, -0.25) is 0 Å². The van der Waals surface area contributed by atoms with Crippen LogP contribution in [0.25, 0.3) is 0 Å². The molecule has 0 aliphatic carbocycles. The van der Waals surface area contributed by atoms with Crippen LogP contribution in [0.1, 0.15) is 6.04 Å². The SMILES string of the molecule is Clc1cncn1C1CSC1. The number of aromatic nitrogens is 2. The lowest BCUT2D eigenvalue weighted by molar-refractivity contribution is 0.593. The first kappa shape index (κ1) is 6.55. The fourth-order valence-electron chi connectivity index (χ4n) is 0.941. The lowest BCUT2D eigenvalue weighted by Crippen LogP contribution is -2.21. The summed E-state index contributed by atoms with van der Waals surface area (Å²) in [6.45, 7) is 0. The lowest BCUT2D eigenvalue weighted by Gasteiger charge is -2.26. The molecule has 0 spiro atoms. The van der Waals surface area contributed by atoms with Crippen molar-refractivity contribution in [1.82, 2.24) is 9.55 Å². The van der Waals surface area contributed by atoms with Gasteiger partial charge in [0.2, 0.25) is 0 Å². The maximum Gasteiger partial charge on any atom is 0.128 e. The number of hydrogen-bond acceptors (Lipinski definition) is 2. The molecule has 1 aliphatic rings. The van der Waals surface area contributed by atoms with E-state index < -0.39 is 0 Å². The van der Waals surface area contributed by atoms with Crippen molar-refractivity contribution >= 4 is 23.4 Å². The summed E-state index contributed by atoms with van der Waals surface area (Å²) in [5, 5.41) is 0.755. The van der Waals surface area contributed by atoms with Crippen molar-refractivity contribution in [3.63, 3.8) is 0 Å². The first-order valence-electron chi connectivity index (χ1n) is 3.13. The topological polar surface area (TPSA) is 17.8 Å². The smallest absolute Gasteiger partial charge is 0.128 e. The average molecular weight is 175 g/mol. The highest BCUT2D eigenvalue weighted by Gasteiger charge is 2.20. The first-order valence-corrected chi connectivity index (χ1v) is 4.66. The fourth-order valence-corrected chi connectivity index (χ4v) is 1.95. The number of thioether (sulfide) groups is 1. The summed E-state index contributed by atoms with van der Waals surface area (Å²) in [6.07, 6.45) is 3.48. The van der Waals surface area contributed by atoms with Gasteiger partial charge in [-0.1, -0.05) is 11.6 Å². The van der Waals surface area contributed by atoms with Gasteiger partial charge in [-0.2, -0.15) is 11.8 Å². The van der Waals surface area contributed by atoms with E-state index in [4.69, 9.17) is 11.6 Å². The van der Waals surface area contributed by atoms with Gasteiger partial charge in [-0.15, -0.1) is 0 Å². The van der Waals surface area contributed by atoms with Crippen LogP contribution in [0.2, 0.25) is 5.15 Å². The van der Waals surface area contributed by atoms with Crippen LogP contribution in [0, 0.1) is 0 Å². The molecule has 10 heavy (non-hydrogen) atoms. The second-order valence-corrected chi connectivity index (χ2v) is 3.78. The third-order valence-corrected chi connectivity index (χ3v) is 3.17. The Morgan fingerprint density at radius 2 is 2.50 bits per heavy atom. The molecule has 1 saturated heterocycles. The summed E-state index contributed by atoms with van der Waals surface area (Å²) in [5.41, 5.74) is 0. The normalized spacial score (nSPS) is 18.9. The van der Waals surface area contributed by atoms with Crippen LogP contribution in [-0.4, -0.2) is 21.1 Å². The molecule has 1 fully saturated rings. The van der Waals surface area contributed by atoms with Crippen molar-refractivity contribution in [3.8, 4) is 0 Å². The number of hydrogen-bond donors (Lipinski definition) is 0. The van der Waals surface area contributed by atoms with Gasteiger partial charge < -0.3 is 4.57 Å². The van der Waals surface area contributed by atoms with Crippen molar-refractivity contribution in [2.45, 2.75) is 6.04 Å². The molecule has 2 rings (SSSR count). The molecule has 0 radical (unpaired) electrons. The summed E-state index contributed by atoms with van der Waals surface area (Å²) >= 11 is 7.78. The molecule has 0 saturated carbocycles. The molecule has 1 aliphatic heterocycles. The van der Waals surface area contributed by atoms with Crippen LogP contribution < -0.4 is 0 Å². The van der Waals surface area contributed by atoms with Crippen LogP contribution in [-0.2, 0) is 0 Å². The van der Waals surface area contributed by atoms with E-state index in [2.05, 4.69) is 4.98 Å². The highest BCUT2D eigenvalue weighted by atomic mass is 35.5. The quantitative estimate of drug-likeness (QED) is 0.647. The molecular formula is C6H7ClN2S. The van der Waals surface area contributed by atoms with E-state index in [1.54, 1.807) is 12.5 Å². The van der Waals surface area contributed by atoms with Crippen molar-refractivity contribution in [2.75, 3.05) is 11.5 Å². The number of halogens is 1. The van der Waals surface area contributed by atoms with Crippen molar-refractivity contribution in [2.24, 2.45) is 0 Å². The molecule has 0 atom stereocenters. The second kappa shape index (κ2) is 2.47. The zero-order chi connectivity index (χ0) is 6.97. The molecule has 0 N–H and O–H groups in total. The maximum atomic E-state index is 5.84. The van der Waals surface area contributed by atoms with E-state index in [-0.39, 0.29) is 0 Å². The summed E-state index contributed by atoms with van der Waals surface area (Å²) in [6, 6.07) is 0.597. The Hall–Kier alpha value is -0.150. The molecule has 2 heterocycles. The standard InChI is InChI=1S/C6H7ClN2S/c7-6-1-8-4-9(6)5-2-10-3-5/h1,4-5H,2-3H2. The molecule has 1 aromatic heterocycles. The highest BCUT2D eigenvalue weighted by molar-refractivity contribution is 8.00. The summed E-state index contributed by atoms with van der Waals surface area (Å²) in [7, 11) is 0. The van der Waals surface area contributed by atoms with Gasteiger partial charge in [0, 0.05) is 11.5 Å². The Bertz CT molecular complexity index is 231. The van der Waals surface area contributed by atoms with Crippen molar-refractivity contribution < 1.29 is 0 Å². The van der Waals surface area contributed by atoms with Gasteiger partial charge in [0.1, 0.15) is 5.15 Å². The lowest BCUT2D eigenvalue weighted by atomic mass is 10.4. The summed E-state index contributed by atoms with van der Waals surface area (Å²) < 4.78 is 2.03. The maximum absolute atomic E-state index is 5.84. The van der Waals surface area contributed by atoms with E-state index in [0.717, 1.165) is 5.15 Å². The molecule has 4 heteroatoms. The minimum Gasteiger partial charge on any atom is -0.317 e. The van der Waals surface area contributed by atoms with Crippen LogP contribution in [0.15, 0.2) is 12.5 Å². The van der Waals surface area contributed by atoms with Gasteiger partial charge in [0.05, 0.1) is 18.6 Å². The van der Waals surface area contributed by atoms with Crippen LogP contribution in [0.3, 0.4) is 0 Å². The Kier molecular flexibility index (Phi) is 1.62. The minimum atomic E-state index is 0.597. The minimum absolute atomic E-state index is 0.597. The fraction of sp³-hybridized carbons (Fsp3) is 0.500. The Morgan fingerprint density at radius 3 is 2.90 bits per heavy atom. The van der Waals surface area contributed by atoms with Gasteiger partial charge in [-0.25, -0.2) is 4.98 Å². The van der Waals surface area contributed by atoms with Gasteiger partial charge in [-0.05, 0) is 0 Å². The Morgan fingerprint density at radius 1 is 1.70 bits per heavy atom. The Labute approximate surface area is 68.6 Å². The van der Waals surface area contributed by atoms with E-state index >= 15 is 0 Å².